The summed E-state index contributed by atoms with van der Waals surface area (Å²) in [5.41, 5.74) is 1.07. The third-order valence-electron chi connectivity index (χ3n) is 2.72. The van der Waals surface area contributed by atoms with Gasteiger partial charge in [0, 0.05) is 16.3 Å². The summed E-state index contributed by atoms with van der Waals surface area (Å²) in [6.45, 7) is 1.48. The second kappa shape index (κ2) is 7.38. The highest BCUT2D eigenvalue weighted by Gasteiger charge is 2.11. The number of rotatable bonds is 4. The van der Waals surface area contributed by atoms with Crippen LogP contribution in [-0.2, 0) is 4.84 Å². The maximum Gasteiger partial charge on any atom is 0.437 e. The van der Waals surface area contributed by atoms with E-state index in [4.69, 9.17) is 11.6 Å². The standard InChI is InChI=1S/C16H13ClN2O3/c1-11(15(20)12-5-3-2-4-6-12)19-22-16(21)18-14-9-7-13(17)8-10-14/h2-10H,1H3,(H,18,21)/b19-11-. The zero-order chi connectivity index (χ0) is 15.9. The van der Waals surface area contributed by atoms with Crippen LogP contribution in [0.5, 0.6) is 0 Å². The van der Waals surface area contributed by atoms with Crippen molar-refractivity contribution in [1.29, 1.82) is 0 Å². The van der Waals surface area contributed by atoms with E-state index in [0.717, 1.165) is 0 Å². The maximum absolute atomic E-state index is 12.0. The quantitative estimate of drug-likeness (QED) is 0.399. The van der Waals surface area contributed by atoms with Gasteiger partial charge in [-0.25, -0.2) is 4.79 Å². The van der Waals surface area contributed by atoms with Crippen LogP contribution in [0.2, 0.25) is 5.02 Å². The average Bonchev–Trinajstić information content (AvgIpc) is 2.55. The van der Waals surface area contributed by atoms with Crippen LogP contribution >= 0.6 is 11.6 Å². The zero-order valence-corrected chi connectivity index (χ0v) is 12.5. The molecule has 0 aromatic heterocycles. The molecule has 112 valence electrons. The number of carbonyl (C=O) groups excluding carboxylic acids is 2. The third kappa shape index (κ3) is 4.43. The molecule has 5 nitrogen and oxygen atoms in total. The largest absolute Gasteiger partial charge is 0.437 e. The minimum atomic E-state index is -0.789. The second-order valence-corrected chi connectivity index (χ2v) is 4.82. The molecule has 0 atom stereocenters. The number of halogens is 1. The number of hydrogen-bond donors (Lipinski definition) is 1. The van der Waals surface area contributed by atoms with Gasteiger partial charge in [0.05, 0.1) is 0 Å². The van der Waals surface area contributed by atoms with Gasteiger partial charge in [-0.1, -0.05) is 47.1 Å². The molecule has 0 spiro atoms. The van der Waals surface area contributed by atoms with E-state index in [1.165, 1.54) is 6.92 Å². The van der Waals surface area contributed by atoms with Gasteiger partial charge in [0.1, 0.15) is 5.71 Å². The number of nitrogens with zero attached hydrogens (tertiary/aromatic N) is 1. The first-order chi connectivity index (χ1) is 10.6. The van der Waals surface area contributed by atoms with Crippen LogP contribution in [0.25, 0.3) is 0 Å². The zero-order valence-electron chi connectivity index (χ0n) is 11.7. The fraction of sp³-hybridized carbons (Fsp3) is 0.0625. The lowest BCUT2D eigenvalue weighted by atomic mass is 10.1. The number of anilines is 1. The number of carbonyl (C=O) groups is 2. The van der Waals surface area contributed by atoms with Crippen LogP contribution in [0.15, 0.2) is 59.8 Å². The lowest BCUT2D eigenvalue weighted by Gasteiger charge is -2.03. The number of ketones is 1. The number of hydrogen-bond acceptors (Lipinski definition) is 4. The van der Waals surface area contributed by atoms with E-state index in [1.807, 2.05) is 0 Å². The number of Topliss-reactive ketones (excluding diaryl/α,β-unsaturated/α-hetero) is 1. The Balaban J connectivity index is 1.94. The molecular weight excluding hydrogens is 304 g/mol. The van der Waals surface area contributed by atoms with Crippen molar-refractivity contribution in [2.45, 2.75) is 6.92 Å². The molecule has 1 amide bonds. The minimum Gasteiger partial charge on any atom is -0.297 e. The van der Waals surface area contributed by atoms with Crippen LogP contribution in [0.4, 0.5) is 10.5 Å². The predicted molar refractivity (Wildman–Crippen MR) is 85.4 cm³/mol. The van der Waals surface area contributed by atoms with Crippen molar-refractivity contribution in [2.24, 2.45) is 5.16 Å². The Morgan fingerprint density at radius 1 is 1.05 bits per heavy atom. The van der Waals surface area contributed by atoms with Crippen LogP contribution in [0.1, 0.15) is 17.3 Å². The Hall–Kier alpha value is -2.66. The minimum absolute atomic E-state index is 0.0810. The van der Waals surface area contributed by atoms with Crippen molar-refractivity contribution in [2.75, 3.05) is 5.32 Å². The first-order valence-corrected chi connectivity index (χ1v) is 6.82. The van der Waals surface area contributed by atoms with Crippen molar-refractivity contribution in [1.82, 2.24) is 0 Å². The number of nitrogens with one attached hydrogen (secondary N) is 1. The van der Waals surface area contributed by atoms with Gasteiger partial charge in [0.15, 0.2) is 0 Å². The first kappa shape index (κ1) is 15.7. The van der Waals surface area contributed by atoms with E-state index >= 15 is 0 Å². The van der Waals surface area contributed by atoms with Gasteiger partial charge < -0.3 is 0 Å². The van der Waals surface area contributed by atoms with Crippen molar-refractivity contribution in [3.8, 4) is 0 Å². The summed E-state index contributed by atoms with van der Waals surface area (Å²) in [6.07, 6.45) is -0.789. The summed E-state index contributed by atoms with van der Waals surface area (Å²) in [5.74, 6) is -0.306. The van der Waals surface area contributed by atoms with E-state index in [2.05, 4.69) is 15.3 Å². The average molecular weight is 317 g/mol. The molecule has 2 aromatic rings. The summed E-state index contributed by atoms with van der Waals surface area (Å²) in [4.78, 5) is 28.2. The van der Waals surface area contributed by atoms with Crippen LogP contribution in [0, 0.1) is 0 Å². The van der Waals surface area contributed by atoms with Gasteiger partial charge in [-0.3, -0.25) is 14.9 Å². The van der Waals surface area contributed by atoms with Crippen LogP contribution in [0.3, 0.4) is 0 Å². The molecule has 0 saturated heterocycles. The molecule has 0 aliphatic rings. The maximum atomic E-state index is 12.0. The van der Waals surface area contributed by atoms with Gasteiger partial charge in [-0.2, -0.15) is 0 Å². The van der Waals surface area contributed by atoms with E-state index in [-0.39, 0.29) is 11.5 Å². The first-order valence-electron chi connectivity index (χ1n) is 6.44. The summed E-state index contributed by atoms with van der Waals surface area (Å²) in [6, 6.07) is 15.1. The lowest BCUT2D eigenvalue weighted by Crippen LogP contribution is -2.15. The molecule has 2 aromatic carbocycles. The molecule has 0 aliphatic heterocycles. The van der Waals surface area contributed by atoms with Crippen molar-refractivity contribution in [3.63, 3.8) is 0 Å². The van der Waals surface area contributed by atoms with Gasteiger partial charge in [0.25, 0.3) is 0 Å². The molecule has 0 heterocycles. The topological polar surface area (TPSA) is 67.8 Å². The number of benzene rings is 2. The fourth-order valence-corrected chi connectivity index (χ4v) is 1.75. The molecule has 0 saturated carbocycles. The fourth-order valence-electron chi connectivity index (χ4n) is 1.62. The van der Waals surface area contributed by atoms with Gasteiger partial charge >= 0.3 is 6.09 Å². The Morgan fingerprint density at radius 3 is 2.32 bits per heavy atom. The van der Waals surface area contributed by atoms with E-state index in [1.54, 1.807) is 54.6 Å². The molecule has 0 unspecified atom stereocenters. The number of amides is 1. The summed E-state index contributed by atoms with van der Waals surface area (Å²) in [7, 11) is 0. The van der Waals surface area contributed by atoms with Gasteiger partial charge in [0.2, 0.25) is 5.78 Å². The summed E-state index contributed by atoms with van der Waals surface area (Å²) < 4.78 is 0. The Bertz CT molecular complexity index is 697. The molecule has 0 aliphatic carbocycles. The SMILES string of the molecule is C/C(=N/OC(=O)Nc1ccc(Cl)cc1)C(=O)c1ccccc1. The summed E-state index contributed by atoms with van der Waals surface area (Å²) in [5, 5.41) is 6.56. The Kier molecular flexibility index (Phi) is 5.27. The highest BCUT2D eigenvalue weighted by Crippen LogP contribution is 2.13. The predicted octanol–water partition coefficient (Wildman–Crippen LogP) is 4.15. The molecule has 22 heavy (non-hydrogen) atoms. The second-order valence-electron chi connectivity index (χ2n) is 4.38. The number of oxime groups is 1. The van der Waals surface area contributed by atoms with Crippen LogP contribution < -0.4 is 5.32 Å². The molecule has 6 heteroatoms. The van der Waals surface area contributed by atoms with Crippen LogP contribution in [-0.4, -0.2) is 17.6 Å². The molecule has 0 bridgehead atoms. The Labute approximate surface area is 132 Å². The molecule has 2 rings (SSSR count). The highest BCUT2D eigenvalue weighted by atomic mass is 35.5. The van der Waals surface area contributed by atoms with Crippen molar-refractivity contribution < 1.29 is 14.4 Å². The summed E-state index contributed by atoms with van der Waals surface area (Å²) >= 11 is 5.74. The monoisotopic (exact) mass is 316 g/mol. The molecular formula is C16H13ClN2O3. The highest BCUT2D eigenvalue weighted by molar-refractivity contribution is 6.45. The molecule has 1 N–H and O–H groups in total. The van der Waals surface area contributed by atoms with Gasteiger partial charge in [-0.15, -0.1) is 0 Å². The lowest BCUT2D eigenvalue weighted by molar-refractivity contribution is 0.105. The van der Waals surface area contributed by atoms with E-state index in [9.17, 15) is 9.59 Å². The van der Waals surface area contributed by atoms with Crippen molar-refractivity contribution in [3.05, 3.63) is 65.2 Å². The normalized spacial score (nSPS) is 10.9. The smallest absolute Gasteiger partial charge is 0.297 e. The van der Waals surface area contributed by atoms with Gasteiger partial charge in [-0.05, 0) is 31.2 Å². The van der Waals surface area contributed by atoms with Crippen molar-refractivity contribution >= 4 is 34.9 Å². The molecule has 0 fully saturated rings. The van der Waals surface area contributed by atoms with E-state index in [0.29, 0.717) is 16.3 Å². The molecule has 0 radical (unpaired) electrons. The van der Waals surface area contributed by atoms with E-state index < -0.39 is 6.09 Å². The Morgan fingerprint density at radius 2 is 1.68 bits per heavy atom. The third-order valence-corrected chi connectivity index (χ3v) is 2.97.